The fourth-order valence-corrected chi connectivity index (χ4v) is 3.49. The van der Waals surface area contributed by atoms with Crippen LogP contribution < -0.4 is 4.74 Å². The number of benzene rings is 1. The zero-order valence-electron chi connectivity index (χ0n) is 12.2. The van der Waals surface area contributed by atoms with Crippen LogP contribution in [0.1, 0.15) is 42.7 Å². The van der Waals surface area contributed by atoms with Gasteiger partial charge in [0.2, 0.25) is 0 Å². The number of nitrogens with zero attached hydrogens (tertiary/aromatic N) is 1. The van der Waals surface area contributed by atoms with E-state index in [0.29, 0.717) is 11.7 Å². The summed E-state index contributed by atoms with van der Waals surface area (Å²) in [5.41, 5.74) is 2.95. The van der Waals surface area contributed by atoms with Crippen LogP contribution in [0.25, 0.3) is 0 Å². The summed E-state index contributed by atoms with van der Waals surface area (Å²) in [6.45, 7) is 2.97. The van der Waals surface area contributed by atoms with Gasteiger partial charge in [0, 0.05) is 32.5 Å². The number of ketones is 1. The van der Waals surface area contributed by atoms with Crippen molar-refractivity contribution in [2.45, 2.75) is 38.0 Å². The molecule has 0 N–H and O–H groups in total. The summed E-state index contributed by atoms with van der Waals surface area (Å²) in [6.07, 6.45) is 5.19. The first kappa shape index (κ1) is 13.6. The van der Waals surface area contributed by atoms with Crippen molar-refractivity contribution >= 4 is 5.78 Å². The second kappa shape index (κ2) is 5.96. The molecular formula is C17H23NO2. The highest BCUT2D eigenvalue weighted by atomic mass is 16.5. The Morgan fingerprint density at radius 3 is 2.80 bits per heavy atom. The molecule has 3 heteroatoms. The van der Waals surface area contributed by atoms with E-state index < -0.39 is 0 Å². The Morgan fingerprint density at radius 2 is 2.05 bits per heavy atom. The van der Waals surface area contributed by atoms with Gasteiger partial charge in [-0.3, -0.25) is 4.79 Å². The number of Topliss-reactive ketones (excluding diaryl/α,β-unsaturated/α-hetero) is 1. The van der Waals surface area contributed by atoms with Crippen LogP contribution in [-0.2, 0) is 11.2 Å². The third kappa shape index (κ3) is 2.88. The van der Waals surface area contributed by atoms with Crippen LogP contribution >= 0.6 is 0 Å². The first-order chi connectivity index (χ1) is 9.76. The molecule has 1 fully saturated rings. The van der Waals surface area contributed by atoms with Gasteiger partial charge in [-0.1, -0.05) is 6.07 Å². The molecule has 0 radical (unpaired) electrons. The number of piperidine rings is 1. The maximum absolute atomic E-state index is 11.3. The molecule has 0 saturated carbocycles. The van der Waals surface area contributed by atoms with E-state index in [0.717, 1.165) is 38.2 Å². The van der Waals surface area contributed by atoms with E-state index in [4.69, 9.17) is 4.74 Å². The smallest absolute Gasteiger partial charge is 0.135 e. The molecule has 1 aliphatic heterocycles. The monoisotopic (exact) mass is 273 g/mol. The summed E-state index contributed by atoms with van der Waals surface area (Å²) in [7, 11) is 1.73. The van der Waals surface area contributed by atoms with Crippen molar-refractivity contribution in [3.8, 4) is 5.75 Å². The van der Waals surface area contributed by atoms with Crippen LogP contribution in [0.2, 0.25) is 0 Å². The van der Waals surface area contributed by atoms with E-state index in [1.54, 1.807) is 7.11 Å². The first-order valence-corrected chi connectivity index (χ1v) is 7.67. The van der Waals surface area contributed by atoms with Crippen LogP contribution in [0.3, 0.4) is 0 Å². The number of rotatable bonds is 3. The summed E-state index contributed by atoms with van der Waals surface area (Å²) in [4.78, 5) is 13.8. The van der Waals surface area contributed by atoms with Crippen molar-refractivity contribution in [2.75, 3.05) is 26.7 Å². The van der Waals surface area contributed by atoms with Crippen LogP contribution in [0.5, 0.6) is 5.75 Å². The van der Waals surface area contributed by atoms with Crippen LogP contribution in [0.4, 0.5) is 0 Å². The molecule has 1 aliphatic carbocycles. The van der Waals surface area contributed by atoms with Crippen molar-refractivity contribution in [3.63, 3.8) is 0 Å². The van der Waals surface area contributed by atoms with Crippen LogP contribution in [-0.4, -0.2) is 37.4 Å². The molecule has 0 amide bonds. The van der Waals surface area contributed by atoms with E-state index in [-0.39, 0.29) is 0 Å². The van der Waals surface area contributed by atoms with Crippen molar-refractivity contribution in [1.29, 1.82) is 0 Å². The third-order valence-corrected chi connectivity index (χ3v) is 4.68. The lowest BCUT2D eigenvalue weighted by Gasteiger charge is -2.33. The maximum Gasteiger partial charge on any atom is 0.135 e. The number of fused-ring (bicyclic) bond motifs is 1. The average Bonchev–Trinajstić information content (AvgIpc) is 2.49. The van der Waals surface area contributed by atoms with E-state index in [2.05, 4.69) is 23.1 Å². The SMILES string of the molecule is COc1ccc2c(c1)C(CN1CCC(=O)CC1)CCC2. The maximum atomic E-state index is 11.3. The molecule has 3 rings (SSSR count). The fraction of sp³-hybridized carbons (Fsp3) is 0.588. The van der Waals surface area contributed by atoms with Crippen molar-refractivity contribution in [1.82, 2.24) is 4.90 Å². The van der Waals surface area contributed by atoms with E-state index >= 15 is 0 Å². The predicted molar refractivity (Wildman–Crippen MR) is 79.4 cm³/mol. The van der Waals surface area contributed by atoms with Gasteiger partial charge in [0.1, 0.15) is 11.5 Å². The zero-order valence-corrected chi connectivity index (χ0v) is 12.2. The Morgan fingerprint density at radius 1 is 1.25 bits per heavy atom. The first-order valence-electron chi connectivity index (χ1n) is 7.67. The predicted octanol–water partition coefficient (Wildman–Crippen LogP) is 2.78. The van der Waals surface area contributed by atoms with Crippen molar-refractivity contribution < 1.29 is 9.53 Å². The minimum absolute atomic E-state index is 0.423. The Bertz CT molecular complexity index is 488. The molecule has 1 aromatic carbocycles. The lowest BCUT2D eigenvalue weighted by molar-refractivity contribution is -0.121. The lowest BCUT2D eigenvalue weighted by atomic mass is 9.82. The number of hydrogen-bond acceptors (Lipinski definition) is 3. The highest BCUT2D eigenvalue weighted by molar-refractivity contribution is 5.79. The summed E-state index contributed by atoms with van der Waals surface area (Å²) in [5.74, 6) is 1.98. The summed E-state index contributed by atoms with van der Waals surface area (Å²) >= 11 is 0. The molecule has 20 heavy (non-hydrogen) atoms. The van der Waals surface area contributed by atoms with Crippen LogP contribution in [0, 0.1) is 0 Å². The molecule has 1 heterocycles. The molecule has 1 saturated heterocycles. The number of likely N-dealkylation sites (tertiary alicyclic amines) is 1. The minimum atomic E-state index is 0.423. The zero-order chi connectivity index (χ0) is 13.9. The van der Waals surface area contributed by atoms with Gasteiger partial charge in [-0.2, -0.15) is 0 Å². The number of carbonyl (C=O) groups is 1. The molecule has 1 unspecified atom stereocenters. The van der Waals surface area contributed by atoms with Crippen molar-refractivity contribution in [2.24, 2.45) is 0 Å². The van der Waals surface area contributed by atoms with Crippen LogP contribution in [0.15, 0.2) is 18.2 Å². The number of methoxy groups -OCH3 is 1. The van der Waals surface area contributed by atoms with Gasteiger partial charge in [0.15, 0.2) is 0 Å². The van der Waals surface area contributed by atoms with Gasteiger partial charge in [0.05, 0.1) is 7.11 Å². The van der Waals surface area contributed by atoms with Gasteiger partial charge in [-0.15, -0.1) is 0 Å². The quantitative estimate of drug-likeness (QED) is 0.848. The Hall–Kier alpha value is -1.35. The topological polar surface area (TPSA) is 29.5 Å². The molecule has 0 spiro atoms. The summed E-state index contributed by atoms with van der Waals surface area (Å²) in [6, 6.07) is 6.51. The highest BCUT2D eigenvalue weighted by Gasteiger charge is 2.25. The Balaban J connectivity index is 1.73. The van der Waals surface area contributed by atoms with Gasteiger partial charge in [-0.05, 0) is 48.4 Å². The van der Waals surface area contributed by atoms with Gasteiger partial charge in [0.25, 0.3) is 0 Å². The standard InChI is InChI=1S/C17H23NO2/c1-20-16-6-5-13-3-2-4-14(17(13)11-16)12-18-9-7-15(19)8-10-18/h5-6,11,14H,2-4,7-10,12H2,1H3. The van der Waals surface area contributed by atoms with E-state index in [1.165, 1.54) is 30.4 Å². The second-order valence-corrected chi connectivity index (χ2v) is 5.99. The lowest BCUT2D eigenvalue weighted by Crippen LogP contribution is -2.37. The summed E-state index contributed by atoms with van der Waals surface area (Å²) < 4.78 is 5.37. The minimum Gasteiger partial charge on any atom is -0.497 e. The molecular weight excluding hydrogens is 250 g/mol. The van der Waals surface area contributed by atoms with Crippen molar-refractivity contribution in [3.05, 3.63) is 29.3 Å². The molecule has 108 valence electrons. The Kier molecular flexibility index (Phi) is 4.06. The largest absolute Gasteiger partial charge is 0.497 e. The highest BCUT2D eigenvalue weighted by Crippen LogP contribution is 2.34. The number of aryl methyl sites for hydroxylation is 1. The normalized spacial score (nSPS) is 23.4. The number of ether oxygens (including phenoxy) is 1. The Labute approximate surface area is 120 Å². The number of carbonyl (C=O) groups excluding carboxylic acids is 1. The molecule has 3 nitrogen and oxygen atoms in total. The fourth-order valence-electron chi connectivity index (χ4n) is 3.49. The third-order valence-electron chi connectivity index (χ3n) is 4.68. The number of hydrogen-bond donors (Lipinski definition) is 0. The van der Waals surface area contributed by atoms with Gasteiger partial charge < -0.3 is 9.64 Å². The molecule has 0 aromatic heterocycles. The second-order valence-electron chi connectivity index (χ2n) is 5.99. The summed E-state index contributed by atoms with van der Waals surface area (Å²) in [5, 5.41) is 0. The van der Waals surface area contributed by atoms with Gasteiger partial charge in [-0.25, -0.2) is 0 Å². The van der Waals surface area contributed by atoms with E-state index in [9.17, 15) is 4.79 Å². The molecule has 1 atom stereocenters. The molecule has 2 aliphatic rings. The molecule has 1 aromatic rings. The molecule has 0 bridgehead atoms. The average molecular weight is 273 g/mol. The van der Waals surface area contributed by atoms with Gasteiger partial charge >= 0.3 is 0 Å². The van der Waals surface area contributed by atoms with E-state index in [1.807, 2.05) is 0 Å².